The molecule has 0 nitrogen and oxygen atoms in total. The Morgan fingerprint density at radius 2 is 0.676 bits per heavy atom. The summed E-state index contributed by atoms with van der Waals surface area (Å²) in [6.45, 7) is 7.58. The van der Waals surface area contributed by atoms with E-state index in [1.54, 1.807) is 0 Å². The average molecular weight is 439 g/mol. The molecular formula is C34H30. The lowest BCUT2D eigenvalue weighted by Gasteiger charge is -2.08. The lowest BCUT2D eigenvalue weighted by atomic mass is 9.96. The van der Waals surface area contributed by atoms with Gasteiger partial charge < -0.3 is 0 Å². The van der Waals surface area contributed by atoms with Gasteiger partial charge in [0.25, 0.3) is 0 Å². The van der Waals surface area contributed by atoms with Crippen molar-refractivity contribution in [2.75, 3.05) is 0 Å². The number of hydrogen-bond donors (Lipinski definition) is 0. The third-order valence-electron chi connectivity index (χ3n) is 4.69. The lowest BCUT2D eigenvalue weighted by Crippen LogP contribution is -1.89. The molecular weight excluding hydrogens is 408 g/mol. The van der Waals surface area contributed by atoms with Crippen LogP contribution in [0.5, 0.6) is 0 Å². The maximum atomic E-state index is 5.46. The molecule has 0 saturated heterocycles. The summed E-state index contributed by atoms with van der Waals surface area (Å²) in [5.74, 6) is 10.5. The normalized spacial score (nSPS) is 13.4. The SMILES string of the molecule is C#C/C(C)=C\C=C\c1cc(/C=C/C=C(/C)C#C)c(/C=C/C=C(/C)C#C)cc1/C=C/C=C(/C)C#C. The Bertz CT molecular complexity index is 1090. The number of benzene rings is 1. The molecule has 0 bridgehead atoms. The van der Waals surface area contributed by atoms with E-state index in [1.165, 1.54) is 0 Å². The summed E-state index contributed by atoms with van der Waals surface area (Å²) >= 11 is 0. The van der Waals surface area contributed by atoms with Gasteiger partial charge >= 0.3 is 0 Å². The van der Waals surface area contributed by atoms with Gasteiger partial charge in [-0.15, -0.1) is 25.7 Å². The van der Waals surface area contributed by atoms with Gasteiger partial charge in [-0.1, -0.05) is 96.6 Å². The van der Waals surface area contributed by atoms with E-state index >= 15 is 0 Å². The first-order chi connectivity index (χ1) is 16.3. The van der Waals surface area contributed by atoms with Gasteiger partial charge in [0.15, 0.2) is 0 Å². The molecule has 0 N–H and O–H groups in total. The van der Waals surface area contributed by atoms with Crippen molar-refractivity contribution in [3.05, 3.63) is 105 Å². The highest BCUT2D eigenvalue weighted by atomic mass is 14.1. The Morgan fingerprint density at radius 1 is 0.471 bits per heavy atom. The minimum Gasteiger partial charge on any atom is -0.115 e. The zero-order chi connectivity index (χ0) is 25.3. The monoisotopic (exact) mass is 438 g/mol. The first-order valence-corrected chi connectivity index (χ1v) is 10.8. The molecule has 0 unspecified atom stereocenters. The summed E-state index contributed by atoms with van der Waals surface area (Å²) in [7, 11) is 0. The molecule has 166 valence electrons. The maximum absolute atomic E-state index is 5.46. The van der Waals surface area contributed by atoms with Crippen molar-refractivity contribution in [2.45, 2.75) is 27.7 Å². The predicted octanol–water partition coefficient (Wildman–Crippen LogP) is 8.06. The third-order valence-corrected chi connectivity index (χ3v) is 4.69. The minimum atomic E-state index is 0.853. The molecule has 0 amide bonds. The highest BCUT2D eigenvalue weighted by molar-refractivity contribution is 5.76. The van der Waals surface area contributed by atoms with Gasteiger partial charge in [-0.25, -0.2) is 0 Å². The number of hydrogen-bond acceptors (Lipinski definition) is 0. The van der Waals surface area contributed by atoms with Gasteiger partial charge in [0.2, 0.25) is 0 Å². The molecule has 0 saturated carbocycles. The Kier molecular flexibility index (Phi) is 12.3. The van der Waals surface area contributed by atoms with Gasteiger partial charge in [-0.3, -0.25) is 0 Å². The lowest BCUT2D eigenvalue weighted by molar-refractivity contribution is 1.53. The maximum Gasteiger partial charge on any atom is -0.00135 e. The van der Waals surface area contributed by atoms with Crippen molar-refractivity contribution in [2.24, 2.45) is 0 Å². The fourth-order valence-corrected chi connectivity index (χ4v) is 2.62. The topological polar surface area (TPSA) is 0 Å². The van der Waals surface area contributed by atoms with Crippen LogP contribution in [0.2, 0.25) is 0 Å². The molecule has 0 aromatic heterocycles. The second-order valence-corrected chi connectivity index (χ2v) is 7.52. The van der Waals surface area contributed by atoms with E-state index in [1.807, 2.05) is 101 Å². The van der Waals surface area contributed by atoms with Crippen molar-refractivity contribution in [1.82, 2.24) is 0 Å². The zero-order valence-corrected chi connectivity index (χ0v) is 20.4. The summed E-state index contributed by atoms with van der Waals surface area (Å²) in [6.07, 6.45) is 45.4. The molecule has 0 radical (unpaired) electrons. The van der Waals surface area contributed by atoms with E-state index in [0.717, 1.165) is 44.5 Å². The molecule has 1 rings (SSSR count). The first kappa shape index (κ1) is 27.4. The van der Waals surface area contributed by atoms with E-state index in [-0.39, 0.29) is 0 Å². The molecule has 0 aliphatic heterocycles. The number of allylic oxidation sites excluding steroid dienone is 12. The van der Waals surface area contributed by atoms with Gasteiger partial charge in [0.05, 0.1) is 0 Å². The van der Waals surface area contributed by atoms with E-state index in [2.05, 4.69) is 35.8 Å². The first-order valence-electron chi connectivity index (χ1n) is 10.8. The van der Waals surface area contributed by atoms with Gasteiger partial charge in [0, 0.05) is 0 Å². The Morgan fingerprint density at radius 3 is 0.853 bits per heavy atom. The molecule has 0 aliphatic rings. The van der Waals surface area contributed by atoms with E-state index in [4.69, 9.17) is 25.7 Å². The van der Waals surface area contributed by atoms with Crippen LogP contribution in [0.25, 0.3) is 24.3 Å². The molecule has 0 heteroatoms. The second-order valence-electron chi connectivity index (χ2n) is 7.52. The second kappa shape index (κ2) is 15.2. The fourth-order valence-electron chi connectivity index (χ4n) is 2.62. The predicted molar refractivity (Wildman–Crippen MR) is 153 cm³/mol. The summed E-state index contributed by atoms with van der Waals surface area (Å²) in [6, 6.07) is 4.25. The van der Waals surface area contributed by atoms with Crippen molar-refractivity contribution in [3.8, 4) is 49.4 Å². The van der Waals surface area contributed by atoms with Crippen molar-refractivity contribution in [3.63, 3.8) is 0 Å². The van der Waals surface area contributed by atoms with Crippen LogP contribution < -0.4 is 0 Å². The van der Waals surface area contributed by atoms with E-state index in [0.29, 0.717) is 0 Å². The molecule has 0 aliphatic carbocycles. The standard InChI is InChI=1S/C34H30/c1-9-27(5)17-13-21-31-25-33(23-15-19-29(7)11-3)34(24-16-20-30(8)12-4)26-32(31)22-14-18-28(6)10-2/h1-4,13-26H,5-8H3/b21-13+,22-14+,23-15+,24-16+,27-17-,28-18-,29-19-,30-20-. The highest BCUT2D eigenvalue weighted by Gasteiger charge is 2.03. The van der Waals surface area contributed by atoms with Crippen LogP contribution in [0.3, 0.4) is 0 Å². The zero-order valence-electron chi connectivity index (χ0n) is 20.4. The summed E-state index contributed by atoms with van der Waals surface area (Å²) in [4.78, 5) is 0. The van der Waals surface area contributed by atoms with Crippen LogP contribution in [0, 0.1) is 49.4 Å². The molecule has 34 heavy (non-hydrogen) atoms. The molecule has 1 aromatic carbocycles. The Labute approximate surface area is 206 Å². The number of terminal acetylenes is 4. The van der Waals surface area contributed by atoms with Crippen LogP contribution in [0.15, 0.2) is 83.0 Å². The van der Waals surface area contributed by atoms with Crippen LogP contribution in [0.1, 0.15) is 49.9 Å². The largest absolute Gasteiger partial charge is 0.115 e. The van der Waals surface area contributed by atoms with Crippen LogP contribution in [-0.4, -0.2) is 0 Å². The van der Waals surface area contributed by atoms with E-state index in [9.17, 15) is 0 Å². The van der Waals surface area contributed by atoms with Crippen LogP contribution >= 0.6 is 0 Å². The Balaban J connectivity index is 3.72. The minimum absolute atomic E-state index is 0.853. The van der Waals surface area contributed by atoms with E-state index < -0.39 is 0 Å². The molecule has 0 spiro atoms. The van der Waals surface area contributed by atoms with Gasteiger partial charge in [-0.2, -0.15) is 0 Å². The summed E-state index contributed by atoms with van der Waals surface area (Å²) in [5.41, 5.74) is 7.56. The molecule has 0 heterocycles. The van der Waals surface area contributed by atoms with Gasteiger partial charge in [-0.05, 0) is 84.4 Å². The van der Waals surface area contributed by atoms with Crippen LogP contribution in [-0.2, 0) is 0 Å². The quantitative estimate of drug-likeness (QED) is 0.284. The summed E-state index contributed by atoms with van der Waals surface area (Å²) in [5, 5.41) is 0. The number of rotatable bonds is 8. The molecule has 0 atom stereocenters. The van der Waals surface area contributed by atoms with Crippen LogP contribution in [0.4, 0.5) is 0 Å². The fraction of sp³-hybridized carbons (Fsp3) is 0.118. The molecule has 1 aromatic rings. The highest BCUT2D eigenvalue weighted by Crippen LogP contribution is 2.23. The van der Waals surface area contributed by atoms with Gasteiger partial charge in [0.1, 0.15) is 0 Å². The van der Waals surface area contributed by atoms with Crippen molar-refractivity contribution in [1.29, 1.82) is 0 Å². The summed E-state index contributed by atoms with van der Waals surface area (Å²) < 4.78 is 0. The Hall–Kier alpha value is -4.62. The van der Waals surface area contributed by atoms with Crippen molar-refractivity contribution < 1.29 is 0 Å². The molecule has 0 fully saturated rings. The smallest absolute Gasteiger partial charge is 0.00135 e. The average Bonchev–Trinajstić information content (AvgIpc) is 2.84. The van der Waals surface area contributed by atoms with Crippen molar-refractivity contribution >= 4 is 24.3 Å². The third kappa shape index (κ3) is 10.1.